The molecule has 1 saturated heterocycles. The zero-order chi connectivity index (χ0) is 16.5. The van der Waals surface area contributed by atoms with Crippen LogP contribution >= 0.6 is 0 Å². The van der Waals surface area contributed by atoms with Crippen molar-refractivity contribution in [1.29, 1.82) is 0 Å². The first-order chi connectivity index (χ1) is 11.7. The minimum absolute atomic E-state index is 0.216. The maximum atomic E-state index is 13.3. The van der Waals surface area contributed by atoms with Gasteiger partial charge in [0.15, 0.2) is 0 Å². The molecule has 0 bridgehead atoms. The quantitative estimate of drug-likeness (QED) is 0.779. The van der Waals surface area contributed by atoms with Gasteiger partial charge in [-0.15, -0.1) is 0 Å². The van der Waals surface area contributed by atoms with Crippen LogP contribution < -0.4 is 10.6 Å². The van der Waals surface area contributed by atoms with Crippen molar-refractivity contribution < 1.29 is 9.13 Å². The molecule has 2 aromatic heterocycles. The molecule has 3 heterocycles. The highest BCUT2D eigenvalue weighted by Crippen LogP contribution is 2.25. The Morgan fingerprint density at radius 1 is 1.08 bits per heavy atom. The molecule has 0 amide bonds. The summed E-state index contributed by atoms with van der Waals surface area (Å²) in [5.41, 5.74) is 8.01. The molecule has 0 unspecified atom stereocenters. The molecular weight excluding hydrogens is 309 g/mol. The van der Waals surface area contributed by atoms with Gasteiger partial charge in [0.1, 0.15) is 11.6 Å². The van der Waals surface area contributed by atoms with Crippen LogP contribution in [0.2, 0.25) is 0 Å². The molecule has 1 aliphatic heterocycles. The zero-order valence-electron chi connectivity index (χ0n) is 12.9. The topological polar surface area (TPSA) is 77.2 Å². The lowest BCUT2D eigenvalue weighted by Crippen LogP contribution is -2.36. The Balaban J connectivity index is 1.75. The first-order valence-electron chi connectivity index (χ1n) is 7.72. The van der Waals surface area contributed by atoms with Gasteiger partial charge in [0.2, 0.25) is 5.95 Å². The molecule has 3 aromatic rings. The molecule has 24 heavy (non-hydrogen) atoms. The third-order valence-corrected chi connectivity index (χ3v) is 4.01. The average Bonchev–Trinajstić information content (AvgIpc) is 2.61. The van der Waals surface area contributed by atoms with Crippen molar-refractivity contribution in [3.05, 3.63) is 42.3 Å². The van der Waals surface area contributed by atoms with Crippen LogP contribution in [0.1, 0.15) is 0 Å². The molecule has 1 aliphatic rings. The van der Waals surface area contributed by atoms with E-state index in [2.05, 4.69) is 19.9 Å². The maximum Gasteiger partial charge on any atom is 0.222 e. The van der Waals surface area contributed by atoms with Crippen LogP contribution in [-0.2, 0) is 4.74 Å². The van der Waals surface area contributed by atoms with Crippen molar-refractivity contribution in [3.63, 3.8) is 0 Å². The molecule has 4 rings (SSSR count). The van der Waals surface area contributed by atoms with Gasteiger partial charge < -0.3 is 15.4 Å². The van der Waals surface area contributed by atoms with Crippen LogP contribution in [0.15, 0.2) is 36.5 Å². The van der Waals surface area contributed by atoms with E-state index in [4.69, 9.17) is 10.5 Å². The maximum absolute atomic E-state index is 13.3. The standard InChI is InChI=1S/C17H16FN5O/c18-13-2-1-11-7-12(10-20-14(11)8-13)15-9-16(22-17(19)21-15)23-3-5-24-6-4-23/h1-2,7-10H,3-6H2,(H2,19,21,22). The molecule has 1 fully saturated rings. The number of nitrogens with two attached hydrogens (primary N) is 1. The van der Waals surface area contributed by atoms with Crippen LogP contribution in [0.4, 0.5) is 16.2 Å². The third-order valence-electron chi connectivity index (χ3n) is 4.01. The van der Waals surface area contributed by atoms with Crippen molar-refractivity contribution in [2.75, 3.05) is 36.9 Å². The fourth-order valence-corrected chi connectivity index (χ4v) is 2.79. The van der Waals surface area contributed by atoms with Crippen LogP contribution in [0.25, 0.3) is 22.2 Å². The number of morpholine rings is 1. The molecule has 6 nitrogen and oxygen atoms in total. The first kappa shape index (κ1) is 14.8. The largest absolute Gasteiger partial charge is 0.378 e. The van der Waals surface area contributed by atoms with E-state index < -0.39 is 0 Å². The Hall–Kier alpha value is -2.80. The summed E-state index contributed by atoms with van der Waals surface area (Å²) in [5, 5.41) is 0.846. The molecular formula is C17H16FN5O. The molecule has 0 spiro atoms. The van der Waals surface area contributed by atoms with E-state index in [1.54, 1.807) is 12.3 Å². The summed E-state index contributed by atoms with van der Waals surface area (Å²) in [6.07, 6.45) is 1.67. The van der Waals surface area contributed by atoms with E-state index in [1.807, 2.05) is 12.1 Å². The highest BCUT2D eigenvalue weighted by Gasteiger charge is 2.15. The SMILES string of the molecule is Nc1nc(-c2cnc3cc(F)ccc3c2)cc(N2CCOCC2)n1. The molecule has 0 radical (unpaired) electrons. The van der Waals surface area contributed by atoms with E-state index in [-0.39, 0.29) is 11.8 Å². The van der Waals surface area contributed by atoms with E-state index in [0.29, 0.717) is 24.4 Å². The van der Waals surface area contributed by atoms with Crippen molar-refractivity contribution in [2.45, 2.75) is 0 Å². The van der Waals surface area contributed by atoms with E-state index >= 15 is 0 Å². The number of hydrogen-bond acceptors (Lipinski definition) is 6. The molecule has 7 heteroatoms. The van der Waals surface area contributed by atoms with Crippen LogP contribution in [0, 0.1) is 5.82 Å². The number of fused-ring (bicyclic) bond motifs is 1. The van der Waals surface area contributed by atoms with Gasteiger partial charge in [-0.1, -0.05) is 0 Å². The molecule has 0 aliphatic carbocycles. The van der Waals surface area contributed by atoms with Gasteiger partial charge >= 0.3 is 0 Å². The predicted octanol–water partition coefficient (Wildman–Crippen LogP) is 2.25. The summed E-state index contributed by atoms with van der Waals surface area (Å²) in [7, 11) is 0. The zero-order valence-corrected chi connectivity index (χ0v) is 12.9. The van der Waals surface area contributed by atoms with Crippen LogP contribution in [0.5, 0.6) is 0 Å². The Morgan fingerprint density at radius 2 is 1.92 bits per heavy atom. The normalized spacial score (nSPS) is 15.0. The first-order valence-corrected chi connectivity index (χ1v) is 7.72. The summed E-state index contributed by atoms with van der Waals surface area (Å²) in [5.74, 6) is 0.692. The number of halogens is 1. The van der Waals surface area contributed by atoms with Crippen molar-refractivity contribution in [2.24, 2.45) is 0 Å². The average molecular weight is 325 g/mol. The second-order valence-corrected chi connectivity index (χ2v) is 5.63. The van der Waals surface area contributed by atoms with Gasteiger partial charge in [0.05, 0.1) is 24.4 Å². The van der Waals surface area contributed by atoms with Crippen LogP contribution in [0.3, 0.4) is 0 Å². The minimum atomic E-state index is -0.302. The number of nitrogens with zero attached hydrogens (tertiary/aromatic N) is 4. The van der Waals surface area contributed by atoms with Crippen molar-refractivity contribution in [1.82, 2.24) is 15.0 Å². The van der Waals surface area contributed by atoms with Gasteiger partial charge in [-0.05, 0) is 18.2 Å². The number of nitrogen functional groups attached to an aromatic ring is 1. The minimum Gasteiger partial charge on any atom is -0.378 e. The van der Waals surface area contributed by atoms with Gasteiger partial charge in [0, 0.05) is 42.4 Å². The number of benzene rings is 1. The smallest absolute Gasteiger partial charge is 0.222 e. The number of pyridine rings is 1. The van der Waals surface area contributed by atoms with Crippen molar-refractivity contribution >= 4 is 22.7 Å². The van der Waals surface area contributed by atoms with Crippen molar-refractivity contribution in [3.8, 4) is 11.3 Å². The fourth-order valence-electron chi connectivity index (χ4n) is 2.79. The van der Waals surface area contributed by atoms with E-state index in [1.165, 1.54) is 12.1 Å². The Bertz CT molecular complexity index is 895. The highest BCUT2D eigenvalue weighted by molar-refractivity contribution is 5.83. The van der Waals surface area contributed by atoms with E-state index in [0.717, 1.165) is 29.9 Å². The summed E-state index contributed by atoms with van der Waals surface area (Å²) in [6.45, 7) is 2.88. The lowest BCUT2D eigenvalue weighted by atomic mass is 10.1. The number of aromatic nitrogens is 3. The van der Waals surface area contributed by atoms with Crippen LogP contribution in [-0.4, -0.2) is 41.3 Å². The second-order valence-electron chi connectivity index (χ2n) is 5.63. The third kappa shape index (κ3) is 2.85. The summed E-state index contributed by atoms with van der Waals surface area (Å²) in [6, 6.07) is 8.35. The molecule has 0 saturated carbocycles. The second kappa shape index (κ2) is 6.01. The lowest BCUT2D eigenvalue weighted by molar-refractivity contribution is 0.122. The summed E-state index contributed by atoms with van der Waals surface area (Å²) in [4.78, 5) is 15.1. The fraction of sp³-hybridized carbons (Fsp3) is 0.235. The highest BCUT2D eigenvalue weighted by atomic mass is 19.1. The number of ether oxygens (including phenoxy) is 1. The Labute approximate surface area is 138 Å². The molecule has 2 N–H and O–H groups in total. The number of rotatable bonds is 2. The number of anilines is 2. The van der Waals surface area contributed by atoms with Gasteiger partial charge in [-0.2, -0.15) is 4.98 Å². The lowest BCUT2D eigenvalue weighted by Gasteiger charge is -2.28. The predicted molar refractivity (Wildman–Crippen MR) is 90.2 cm³/mol. The summed E-state index contributed by atoms with van der Waals surface area (Å²) < 4.78 is 18.6. The van der Waals surface area contributed by atoms with Gasteiger partial charge in [-0.25, -0.2) is 9.37 Å². The van der Waals surface area contributed by atoms with Gasteiger partial charge in [-0.3, -0.25) is 4.98 Å². The Kier molecular flexibility index (Phi) is 3.70. The van der Waals surface area contributed by atoms with Gasteiger partial charge in [0.25, 0.3) is 0 Å². The molecule has 0 atom stereocenters. The summed E-state index contributed by atoms with van der Waals surface area (Å²) >= 11 is 0. The monoisotopic (exact) mass is 325 g/mol. The number of hydrogen-bond donors (Lipinski definition) is 1. The van der Waals surface area contributed by atoms with E-state index in [9.17, 15) is 4.39 Å². The molecule has 1 aromatic carbocycles. The molecule has 122 valence electrons. The Morgan fingerprint density at radius 3 is 2.75 bits per heavy atom.